The molecule has 0 saturated carbocycles. The zero-order chi connectivity index (χ0) is 12.1. The number of hydrogen-bond donors (Lipinski definition) is 1. The van der Waals surface area contributed by atoms with Crippen LogP contribution in [0.3, 0.4) is 0 Å². The Hall–Kier alpha value is -0.820. The second kappa shape index (κ2) is 6.05. The molecule has 0 aromatic heterocycles. The van der Waals surface area contributed by atoms with Crippen molar-refractivity contribution in [3.05, 3.63) is 36.1 Å². The number of carbonyl (C=O) groups is 2. The number of ketones is 2. The molecule has 84 valence electrons. The van der Waals surface area contributed by atoms with Crippen LogP contribution in [0.15, 0.2) is 35.4 Å². The van der Waals surface area contributed by atoms with Gasteiger partial charge in [0.25, 0.3) is 0 Å². The first-order valence-electron chi connectivity index (χ1n) is 4.38. The van der Waals surface area contributed by atoms with Gasteiger partial charge in [-0.3, -0.25) is 9.59 Å². The molecule has 16 heavy (non-hydrogen) atoms. The van der Waals surface area contributed by atoms with E-state index in [0.717, 1.165) is 0 Å². The average molecular weight is 348 g/mol. The van der Waals surface area contributed by atoms with E-state index in [4.69, 9.17) is 3.07 Å². The van der Waals surface area contributed by atoms with Crippen LogP contribution in [0.4, 0.5) is 0 Å². The van der Waals surface area contributed by atoms with Gasteiger partial charge in [-0.25, -0.2) is 0 Å². The smallest absolute Gasteiger partial charge is 0.231 e. The molecule has 0 fully saturated rings. The van der Waals surface area contributed by atoms with Crippen molar-refractivity contribution in [2.45, 2.75) is 11.8 Å². The van der Waals surface area contributed by atoms with E-state index in [1.165, 1.54) is 13.2 Å². The maximum atomic E-state index is 11.6. The Morgan fingerprint density at radius 2 is 2.12 bits per heavy atom. The molecule has 0 amide bonds. The summed E-state index contributed by atoms with van der Waals surface area (Å²) in [6, 6.07) is 6.97. The van der Waals surface area contributed by atoms with Crippen molar-refractivity contribution in [1.82, 2.24) is 0 Å². The standard InChI is InChI=1S/C11H9IO3S/c1-7(13)11(14)10(6-15-12)8-3-2-4-9(16)5-8/h2-6,16H,1H3/b10-6+. The lowest BCUT2D eigenvalue weighted by Gasteiger charge is -2.04. The first-order valence-corrected chi connectivity index (χ1v) is 5.71. The lowest BCUT2D eigenvalue weighted by molar-refractivity contribution is -0.131. The van der Waals surface area contributed by atoms with Crippen molar-refractivity contribution in [3.63, 3.8) is 0 Å². The molecule has 1 aromatic carbocycles. The van der Waals surface area contributed by atoms with Gasteiger partial charge in [0.15, 0.2) is 28.8 Å². The van der Waals surface area contributed by atoms with Gasteiger partial charge < -0.3 is 3.07 Å². The quantitative estimate of drug-likeness (QED) is 0.299. The minimum absolute atomic E-state index is 0.234. The minimum atomic E-state index is -0.574. The largest absolute Gasteiger partial charge is 0.435 e. The Balaban J connectivity index is 3.19. The molecular formula is C11H9IO3S. The topological polar surface area (TPSA) is 43.4 Å². The maximum absolute atomic E-state index is 11.6. The van der Waals surface area contributed by atoms with Crippen molar-refractivity contribution < 1.29 is 12.7 Å². The molecule has 0 N–H and O–H groups in total. The van der Waals surface area contributed by atoms with Crippen LogP contribution >= 0.6 is 35.6 Å². The first kappa shape index (κ1) is 13.2. The lowest BCUT2D eigenvalue weighted by atomic mass is 10.0. The number of benzene rings is 1. The second-order valence-electron chi connectivity index (χ2n) is 3.06. The van der Waals surface area contributed by atoms with Gasteiger partial charge in [-0.2, -0.15) is 0 Å². The molecule has 1 rings (SSSR count). The Kier molecular flexibility index (Phi) is 5.01. The molecule has 0 atom stereocenters. The van der Waals surface area contributed by atoms with Crippen molar-refractivity contribution in [1.29, 1.82) is 0 Å². The highest BCUT2D eigenvalue weighted by Gasteiger charge is 2.17. The van der Waals surface area contributed by atoms with Gasteiger partial charge in [-0.1, -0.05) is 12.1 Å². The van der Waals surface area contributed by atoms with Gasteiger partial charge >= 0.3 is 0 Å². The average Bonchev–Trinajstić information content (AvgIpc) is 2.24. The number of carbonyl (C=O) groups excluding carboxylic acids is 2. The monoisotopic (exact) mass is 348 g/mol. The van der Waals surface area contributed by atoms with Gasteiger partial charge in [0.05, 0.1) is 5.57 Å². The first-order chi connectivity index (χ1) is 7.56. The molecule has 0 spiro atoms. The Morgan fingerprint density at radius 1 is 1.44 bits per heavy atom. The molecule has 0 heterocycles. The van der Waals surface area contributed by atoms with E-state index in [2.05, 4.69) is 12.6 Å². The highest BCUT2D eigenvalue weighted by atomic mass is 127. The Labute approximate surface area is 113 Å². The fourth-order valence-corrected chi connectivity index (χ4v) is 1.64. The van der Waals surface area contributed by atoms with Crippen molar-refractivity contribution in [2.75, 3.05) is 0 Å². The number of thiol groups is 1. The predicted molar refractivity (Wildman–Crippen MR) is 72.5 cm³/mol. The van der Waals surface area contributed by atoms with Crippen LogP contribution in [0.1, 0.15) is 12.5 Å². The molecule has 3 nitrogen and oxygen atoms in total. The predicted octanol–water partition coefficient (Wildman–Crippen LogP) is 2.84. The summed E-state index contributed by atoms with van der Waals surface area (Å²) in [5, 5.41) is 0. The molecule has 0 aliphatic carbocycles. The SMILES string of the molecule is CC(=O)C(=O)/C(=C/OI)c1cccc(S)c1. The summed E-state index contributed by atoms with van der Waals surface area (Å²) in [7, 11) is 0. The van der Waals surface area contributed by atoms with Gasteiger partial charge in [-0.15, -0.1) is 12.6 Å². The third-order valence-electron chi connectivity index (χ3n) is 1.88. The van der Waals surface area contributed by atoms with Crippen LogP contribution in [0.2, 0.25) is 0 Å². The normalized spacial score (nSPS) is 11.1. The van der Waals surface area contributed by atoms with E-state index in [1.807, 2.05) is 0 Å². The minimum Gasteiger partial charge on any atom is -0.435 e. The Bertz CT molecular complexity index is 454. The highest BCUT2D eigenvalue weighted by Crippen LogP contribution is 2.20. The van der Waals surface area contributed by atoms with E-state index >= 15 is 0 Å². The van der Waals surface area contributed by atoms with Crippen LogP contribution in [0.25, 0.3) is 5.57 Å². The molecule has 0 bridgehead atoms. The fraction of sp³-hybridized carbons (Fsp3) is 0.0909. The molecule has 0 radical (unpaired) electrons. The lowest BCUT2D eigenvalue weighted by Crippen LogP contribution is -2.11. The summed E-state index contributed by atoms with van der Waals surface area (Å²) < 4.78 is 4.78. The van der Waals surface area contributed by atoms with Crippen LogP contribution < -0.4 is 0 Å². The van der Waals surface area contributed by atoms with E-state index in [9.17, 15) is 9.59 Å². The molecule has 5 heteroatoms. The third-order valence-corrected chi connectivity index (χ3v) is 2.42. The third kappa shape index (κ3) is 3.34. The number of rotatable bonds is 4. The zero-order valence-electron chi connectivity index (χ0n) is 8.44. The summed E-state index contributed by atoms with van der Waals surface area (Å²) in [5.41, 5.74) is 0.849. The van der Waals surface area contributed by atoms with Crippen molar-refractivity contribution in [2.24, 2.45) is 0 Å². The second-order valence-corrected chi connectivity index (χ2v) is 4.08. The number of Topliss-reactive ketones (excluding diaryl/α,β-unsaturated/α-hetero) is 2. The van der Waals surface area contributed by atoms with E-state index in [1.54, 1.807) is 47.3 Å². The maximum Gasteiger partial charge on any atom is 0.231 e. The summed E-state index contributed by atoms with van der Waals surface area (Å²) in [4.78, 5) is 23.4. The summed E-state index contributed by atoms with van der Waals surface area (Å²) >= 11 is 5.81. The summed E-state index contributed by atoms with van der Waals surface area (Å²) in [6.07, 6.45) is 1.26. The van der Waals surface area contributed by atoms with E-state index in [0.29, 0.717) is 10.5 Å². The van der Waals surface area contributed by atoms with Crippen LogP contribution in [0.5, 0.6) is 0 Å². The van der Waals surface area contributed by atoms with Gasteiger partial charge in [-0.05, 0) is 17.7 Å². The molecule has 0 saturated heterocycles. The fourth-order valence-electron chi connectivity index (χ4n) is 1.16. The molecule has 0 aliphatic rings. The van der Waals surface area contributed by atoms with Crippen LogP contribution in [-0.4, -0.2) is 11.6 Å². The summed E-state index contributed by atoms with van der Waals surface area (Å²) in [5.74, 6) is -1.10. The van der Waals surface area contributed by atoms with Crippen LogP contribution in [0, 0.1) is 0 Å². The van der Waals surface area contributed by atoms with Gasteiger partial charge in [0.1, 0.15) is 6.26 Å². The molecule has 0 unspecified atom stereocenters. The highest BCUT2D eigenvalue weighted by molar-refractivity contribution is 14.1. The molecular weight excluding hydrogens is 339 g/mol. The molecule has 1 aromatic rings. The van der Waals surface area contributed by atoms with Crippen molar-refractivity contribution in [3.8, 4) is 0 Å². The number of hydrogen-bond acceptors (Lipinski definition) is 4. The zero-order valence-corrected chi connectivity index (χ0v) is 11.5. The van der Waals surface area contributed by atoms with E-state index < -0.39 is 11.6 Å². The number of halogens is 1. The van der Waals surface area contributed by atoms with E-state index in [-0.39, 0.29) is 5.57 Å². The van der Waals surface area contributed by atoms with Gasteiger partial charge in [0.2, 0.25) is 5.78 Å². The van der Waals surface area contributed by atoms with Crippen molar-refractivity contribution >= 4 is 52.8 Å². The van der Waals surface area contributed by atoms with Gasteiger partial charge in [0, 0.05) is 11.8 Å². The van der Waals surface area contributed by atoms with Crippen LogP contribution in [-0.2, 0) is 12.7 Å². The Morgan fingerprint density at radius 3 is 2.62 bits per heavy atom. The summed E-state index contributed by atoms with van der Waals surface area (Å²) in [6.45, 7) is 1.23. The molecule has 0 aliphatic heterocycles. The number of allylic oxidation sites excluding steroid dienone is 1.